The number of hydrogen-bond acceptors (Lipinski definition) is 3. The topological polar surface area (TPSA) is 38.1 Å². The number of hydrogen-bond donors (Lipinski definition) is 1. The highest BCUT2D eigenvalue weighted by Crippen LogP contribution is 2.25. The number of aryl methyl sites for hydroxylation is 1. The minimum absolute atomic E-state index is 0.0550. The lowest BCUT2D eigenvalue weighted by molar-refractivity contribution is 0.437. The summed E-state index contributed by atoms with van der Waals surface area (Å²) in [5.74, 6) is 0.893. The van der Waals surface area contributed by atoms with Crippen LogP contribution >= 0.6 is 15.9 Å². The van der Waals surface area contributed by atoms with Crippen molar-refractivity contribution in [3.8, 4) is 0 Å². The highest BCUT2D eigenvalue weighted by molar-refractivity contribution is 9.10. The normalized spacial score (nSPS) is 12.6. The second kappa shape index (κ2) is 5.47. The first-order valence-electron chi connectivity index (χ1n) is 5.62. The molecule has 2 heterocycles. The Morgan fingerprint density at radius 2 is 2.18 bits per heavy atom. The molecule has 3 nitrogen and oxygen atoms in total. The lowest BCUT2D eigenvalue weighted by Crippen LogP contribution is -2.21. The molecule has 0 saturated carbocycles. The minimum Gasteiger partial charge on any atom is -0.452 e. The molecule has 2 aromatic heterocycles. The van der Waals surface area contributed by atoms with Crippen molar-refractivity contribution in [2.45, 2.75) is 19.9 Å². The van der Waals surface area contributed by atoms with Gasteiger partial charge in [-0.1, -0.05) is 13.0 Å². The van der Waals surface area contributed by atoms with E-state index in [1.54, 1.807) is 0 Å². The molecule has 0 bridgehead atoms. The Morgan fingerprint density at radius 3 is 2.71 bits per heavy atom. The van der Waals surface area contributed by atoms with Crippen LogP contribution in [0.15, 0.2) is 39.5 Å². The number of aromatic nitrogens is 1. The molecule has 1 atom stereocenters. The van der Waals surface area contributed by atoms with Gasteiger partial charge in [0.05, 0.1) is 6.04 Å². The van der Waals surface area contributed by atoms with Crippen LogP contribution in [0, 0.1) is 6.92 Å². The van der Waals surface area contributed by atoms with Crippen molar-refractivity contribution in [2.75, 3.05) is 6.54 Å². The average molecular weight is 295 g/mol. The zero-order chi connectivity index (χ0) is 12.3. The van der Waals surface area contributed by atoms with Crippen LogP contribution < -0.4 is 5.32 Å². The Morgan fingerprint density at radius 1 is 1.35 bits per heavy atom. The first-order chi connectivity index (χ1) is 8.20. The molecule has 0 aliphatic rings. The second-order valence-corrected chi connectivity index (χ2v) is 4.65. The molecule has 0 aliphatic carbocycles. The van der Waals surface area contributed by atoms with E-state index < -0.39 is 0 Å². The van der Waals surface area contributed by atoms with Crippen LogP contribution in [0.4, 0.5) is 0 Å². The van der Waals surface area contributed by atoms with Crippen molar-refractivity contribution in [1.82, 2.24) is 10.3 Å². The first kappa shape index (κ1) is 12.3. The SMILES string of the molecule is CCNC(c1ccc(C)nc1)c1ccc(Br)o1. The zero-order valence-electron chi connectivity index (χ0n) is 9.90. The van der Waals surface area contributed by atoms with Crippen LogP contribution in [0.2, 0.25) is 0 Å². The summed E-state index contributed by atoms with van der Waals surface area (Å²) >= 11 is 3.33. The van der Waals surface area contributed by atoms with Gasteiger partial charge in [-0.15, -0.1) is 0 Å². The molecule has 1 unspecified atom stereocenters. The Hall–Kier alpha value is -1.13. The third kappa shape index (κ3) is 2.96. The molecule has 0 radical (unpaired) electrons. The van der Waals surface area contributed by atoms with Crippen molar-refractivity contribution < 1.29 is 4.42 Å². The predicted molar refractivity (Wildman–Crippen MR) is 70.9 cm³/mol. The van der Waals surface area contributed by atoms with Gasteiger partial charge in [0, 0.05) is 11.9 Å². The molecule has 0 aromatic carbocycles. The van der Waals surface area contributed by atoms with Crippen LogP contribution in [0.5, 0.6) is 0 Å². The van der Waals surface area contributed by atoms with Crippen LogP contribution in [0.25, 0.3) is 0 Å². The lowest BCUT2D eigenvalue weighted by atomic mass is 10.1. The molecule has 0 fully saturated rings. The molecule has 17 heavy (non-hydrogen) atoms. The van der Waals surface area contributed by atoms with Crippen molar-refractivity contribution in [3.63, 3.8) is 0 Å². The molecular formula is C13H15BrN2O. The third-order valence-electron chi connectivity index (χ3n) is 2.55. The van der Waals surface area contributed by atoms with Crippen molar-refractivity contribution >= 4 is 15.9 Å². The van der Waals surface area contributed by atoms with Crippen molar-refractivity contribution in [3.05, 3.63) is 52.1 Å². The van der Waals surface area contributed by atoms with E-state index in [1.807, 2.05) is 31.3 Å². The quantitative estimate of drug-likeness (QED) is 0.939. The maximum atomic E-state index is 5.61. The summed E-state index contributed by atoms with van der Waals surface area (Å²) in [6, 6.07) is 8.02. The molecule has 2 aromatic rings. The number of halogens is 1. The van der Waals surface area contributed by atoms with Crippen LogP contribution in [0.1, 0.15) is 30.0 Å². The molecule has 0 spiro atoms. The molecule has 0 saturated heterocycles. The zero-order valence-corrected chi connectivity index (χ0v) is 11.5. The summed E-state index contributed by atoms with van der Waals surface area (Å²) in [6.07, 6.45) is 1.89. The van der Waals surface area contributed by atoms with Crippen molar-refractivity contribution in [2.24, 2.45) is 0 Å². The fraction of sp³-hybridized carbons (Fsp3) is 0.308. The lowest BCUT2D eigenvalue weighted by Gasteiger charge is -2.15. The third-order valence-corrected chi connectivity index (χ3v) is 2.98. The highest BCUT2D eigenvalue weighted by atomic mass is 79.9. The molecule has 2 rings (SSSR count). The molecular weight excluding hydrogens is 280 g/mol. The smallest absolute Gasteiger partial charge is 0.169 e. The second-order valence-electron chi connectivity index (χ2n) is 3.87. The Bertz CT molecular complexity index is 478. The van der Waals surface area contributed by atoms with Crippen molar-refractivity contribution in [1.29, 1.82) is 0 Å². The number of furan rings is 1. The number of pyridine rings is 1. The molecule has 0 amide bonds. The van der Waals surface area contributed by atoms with Gasteiger partial charge >= 0.3 is 0 Å². The summed E-state index contributed by atoms with van der Waals surface area (Å²) in [7, 11) is 0. The van der Waals surface area contributed by atoms with E-state index >= 15 is 0 Å². The van der Waals surface area contributed by atoms with Gasteiger partial charge in [0.2, 0.25) is 0 Å². The van der Waals surface area contributed by atoms with E-state index in [9.17, 15) is 0 Å². The van der Waals surface area contributed by atoms with Gasteiger partial charge in [-0.25, -0.2) is 0 Å². The number of nitrogens with zero attached hydrogens (tertiary/aromatic N) is 1. The molecule has 4 heteroatoms. The molecule has 90 valence electrons. The number of rotatable bonds is 4. The van der Waals surface area contributed by atoms with Gasteiger partial charge in [-0.2, -0.15) is 0 Å². The summed E-state index contributed by atoms with van der Waals surface area (Å²) in [5, 5.41) is 3.39. The maximum absolute atomic E-state index is 5.61. The van der Waals surface area contributed by atoms with E-state index in [4.69, 9.17) is 4.42 Å². The van der Waals surface area contributed by atoms with E-state index in [2.05, 4.69) is 39.2 Å². The van der Waals surface area contributed by atoms with Crippen LogP contribution in [0.3, 0.4) is 0 Å². The first-order valence-corrected chi connectivity index (χ1v) is 6.41. The van der Waals surface area contributed by atoms with Gasteiger partial charge in [0.15, 0.2) is 4.67 Å². The number of nitrogens with one attached hydrogen (secondary N) is 1. The van der Waals surface area contributed by atoms with E-state index in [1.165, 1.54) is 0 Å². The Kier molecular flexibility index (Phi) is 3.97. The summed E-state index contributed by atoms with van der Waals surface area (Å²) < 4.78 is 6.36. The largest absolute Gasteiger partial charge is 0.452 e. The van der Waals surface area contributed by atoms with Gasteiger partial charge in [-0.3, -0.25) is 4.98 Å². The Labute approximate surface area is 109 Å². The van der Waals surface area contributed by atoms with Gasteiger partial charge in [0.1, 0.15) is 5.76 Å². The monoisotopic (exact) mass is 294 g/mol. The van der Waals surface area contributed by atoms with E-state index in [-0.39, 0.29) is 6.04 Å². The van der Waals surface area contributed by atoms with E-state index in [0.29, 0.717) is 0 Å². The standard InChI is InChI=1S/C13H15BrN2O/c1-3-15-13(11-6-7-12(14)17-11)10-5-4-9(2)16-8-10/h4-8,13,15H,3H2,1-2H3. The minimum atomic E-state index is 0.0550. The fourth-order valence-electron chi connectivity index (χ4n) is 1.72. The summed E-state index contributed by atoms with van der Waals surface area (Å²) in [4.78, 5) is 4.32. The average Bonchev–Trinajstić information content (AvgIpc) is 2.74. The predicted octanol–water partition coefficient (Wildman–Crippen LogP) is 3.44. The van der Waals surface area contributed by atoms with Gasteiger partial charge in [-0.05, 0) is 53.2 Å². The van der Waals surface area contributed by atoms with Gasteiger partial charge in [0.25, 0.3) is 0 Å². The molecule has 1 N–H and O–H groups in total. The Balaban J connectivity index is 2.31. The van der Waals surface area contributed by atoms with E-state index in [0.717, 1.165) is 28.2 Å². The van der Waals surface area contributed by atoms with Gasteiger partial charge < -0.3 is 9.73 Å². The highest BCUT2D eigenvalue weighted by Gasteiger charge is 2.16. The van der Waals surface area contributed by atoms with Crippen LogP contribution in [-0.4, -0.2) is 11.5 Å². The fourth-order valence-corrected chi connectivity index (χ4v) is 2.04. The maximum Gasteiger partial charge on any atom is 0.169 e. The molecule has 0 aliphatic heterocycles. The van der Waals surface area contributed by atoms with Crippen LogP contribution in [-0.2, 0) is 0 Å². The summed E-state index contributed by atoms with van der Waals surface area (Å²) in [5.41, 5.74) is 2.13. The summed E-state index contributed by atoms with van der Waals surface area (Å²) in [6.45, 7) is 4.93.